The number of aromatic nitrogens is 4. The number of hydrogen-bond donors (Lipinski definition) is 1. The Kier molecular flexibility index (Phi) is 5.05. The molecule has 0 atom stereocenters. The van der Waals surface area contributed by atoms with E-state index in [0.29, 0.717) is 22.6 Å². The van der Waals surface area contributed by atoms with Crippen molar-refractivity contribution in [3.8, 4) is 17.0 Å². The maximum absolute atomic E-state index is 12.8. The van der Waals surface area contributed by atoms with Crippen molar-refractivity contribution in [1.29, 1.82) is 0 Å². The van der Waals surface area contributed by atoms with Crippen LogP contribution < -0.4 is 15.6 Å². The van der Waals surface area contributed by atoms with Crippen LogP contribution in [0.3, 0.4) is 0 Å². The van der Waals surface area contributed by atoms with Gasteiger partial charge in [0.25, 0.3) is 5.56 Å². The number of methoxy groups -OCH3 is 1. The number of hydrogen-bond acceptors (Lipinski definition) is 5. The van der Waals surface area contributed by atoms with Gasteiger partial charge in [-0.05, 0) is 49.7 Å². The molecule has 0 aliphatic heterocycles. The van der Waals surface area contributed by atoms with Gasteiger partial charge in [-0.1, -0.05) is 23.8 Å². The molecule has 4 aromatic rings. The van der Waals surface area contributed by atoms with Gasteiger partial charge in [0.1, 0.15) is 24.1 Å². The monoisotopic (exact) mass is 403 g/mol. The number of ether oxygens (including phenoxy) is 1. The number of nitrogens with zero attached hydrogens (tertiary/aromatic N) is 4. The normalized spacial score (nSPS) is 10.9. The predicted octanol–water partition coefficient (Wildman–Crippen LogP) is 2.82. The molecule has 0 unspecified atom stereocenters. The van der Waals surface area contributed by atoms with Crippen LogP contribution in [0.5, 0.6) is 5.75 Å². The summed E-state index contributed by atoms with van der Waals surface area (Å²) in [5.41, 5.74) is 4.45. The van der Waals surface area contributed by atoms with Crippen molar-refractivity contribution in [2.45, 2.75) is 20.4 Å². The minimum atomic E-state index is -0.383. The molecule has 8 nitrogen and oxygen atoms in total. The smallest absolute Gasteiger partial charge is 0.293 e. The van der Waals surface area contributed by atoms with Gasteiger partial charge < -0.3 is 10.1 Å². The largest absolute Gasteiger partial charge is 0.497 e. The van der Waals surface area contributed by atoms with Crippen LogP contribution in [0.2, 0.25) is 0 Å². The molecule has 152 valence electrons. The van der Waals surface area contributed by atoms with E-state index in [2.05, 4.69) is 21.6 Å². The SMILES string of the molecule is COc1ccc(NC(=O)Cn2ncn3nc(-c4ccc(C)cc4C)cc3c2=O)cc1. The molecule has 0 saturated heterocycles. The van der Waals surface area contributed by atoms with Gasteiger partial charge in [0.2, 0.25) is 5.91 Å². The van der Waals surface area contributed by atoms with Crippen molar-refractivity contribution < 1.29 is 9.53 Å². The van der Waals surface area contributed by atoms with Crippen molar-refractivity contribution in [3.63, 3.8) is 0 Å². The Balaban J connectivity index is 1.58. The van der Waals surface area contributed by atoms with Gasteiger partial charge >= 0.3 is 0 Å². The molecule has 0 spiro atoms. The molecule has 8 heteroatoms. The number of anilines is 1. The number of carbonyl (C=O) groups excluding carboxylic acids is 1. The zero-order chi connectivity index (χ0) is 21.3. The average Bonchev–Trinajstić information content (AvgIpc) is 3.15. The molecular formula is C22H21N5O3. The molecule has 4 rings (SSSR count). The zero-order valence-electron chi connectivity index (χ0n) is 16.9. The van der Waals surface area contributed by atoms with Gasteiger partial charge in [0.05, 0.1) is 12.8 Å². The van der Waals surface area contributed by atoms with Gasteiger partial charge in [-0.3, -0.25) is 9.59 Å². The molecule has 0 bridgehead atoms. The van der Waals surface area contributed by atoms with E-state index in [4.69, 9.17) is 4.74 Å². The standard InChI is InChI=1S/C22H21N5O3/c1-14-4-9-18(15(2)10-14)19-11-20-22(29)26(23-13-27(20)25-19)12-21(28)24-16-5-7-17(30-3)8-6-16/h4-11,13H,12H2,1-3H3,(H,24,28). The van der Waals surface area contributed by atoms with Crippen LogP contribution in [0, 0.1) is 13.8 Å². The van der Waals surface area contributed by atoms with Crippen LogP contribution in [0.4, 0.5) is 5.69 Å². The number of rotatable bonds is 5. The Bertz CT molecular complexity index is 1290. The van der Waals surface area contributed by atoms with Crippen LogP contribution in [0.25, 0.3) is 16.8 Å². The van der Waals surface area contributed by atoms with Crippen molar-refractivity contribution in [1.82, 2.24) is 19.4 Å². The Hall–Kier alpha value is -3.94. The summed E-state index contributed by atoms with van der Waals surface area (Å²) in [7, 11) is 1.57. The minimum absolute atomic E-state index is 0.203. The molecule has 1 amide bonds. The van der Waals surface area contributed by atoms with E-state index in [0.717, 1.165) is 21.4 Å². The van der Waals surface area contributed by atoms with Gasteiger partial charge in [0.15, 0.2) is 0 Å². The zero-order valence-corrected chi connectivity index (χ0v) is 16.9. The van der Waals surface area contributed by atoms with Gasteiger partial charge in [0, 0.05) is 11.3 Å². The molecule has 0 aliphatic rings. The highest BCUT2D eigenvalue weighted by atomic mass is 16.5. The Morgan fingerprint density at radius 2 is 1.87 bits per heavy atom. The first-order valence-corrected chi connectivity index (χ1v) is 9.41. The van der Waals surface area contributed by atoms with Crippen molar-refractivity contribution in [2.75, 3.05) is 12.4 Å². The van der Waals surface area contributed by atoms with Crippen molar-refractivity contribution >= 4 is 17.1 Å². The van der Waals surface area contributed by atoms with Gasteiger partial charge in [-0.15, -0.1) is 0 Å². The summed E-state index contributed by atoms with van der Waals surface area (Å²) in [5.74, 6) is 0.338. The first kappa shape index (κ1) is 19.4. The van der Waals surface area contributed by atoms with Crippen molar-refractivity contribution in [2.24, 2.45) is 0 Å². The lowest BCUT2D eigenvalue weighted by molar-refractivity contribution is -0.117. The highest BCUT2D eigenvalue weighted by Gasteiger charge is 2.13. The average molecular weight is 403 g/mol. The second kappa shape index (κ2) is 7.82. The van der Waals surface area contributed by atoms with E-state index in [1.807, 2.05) is 26.0 Å². The number of amides is 1. The first-order valence-electron chi connectivity index (χ1n) is 9.41. The molecule has 2 aromatic carbocycles. The second-order valence-electron chi connectivity index (χ2n) is 7.05. The number of carbonyl (C=O) groups is 1. The molecule has 0 radical (unpaired) electrons. The molecule has 2 heterocycles. The number of benzene rings is 2. The lowest BCUT2D eigenvalue weighted by Gasteiger charge is -2.07. The van der Waals surface area contributed by atoms with E-state index in [9.17, 15) is 9.59 Å². The number of fused-ring (bicyclic) bond motifs is 1. The second-order valence-corrected chi connectivity index (χ2v) is 7.05. The third-order valence-corrected chi connectivity index (χ3v) is 4.81. The van der Waals surface area contributed by atoms with E-state index in [1.165, 1.54) is 10.8 Å². The van der Waals surface area contributed by atoms with Crippen LogP contribution >= 0.6 is 0 Å². The fourth-order valence-corrected chi connectivity index (χ4v) is 3.29. The third kappa shape index (κ3) is 3.80. The summed E-state index contributed by atoms with van der Waals surface area (Å²) < 4.78 is 7.66. The minimum Gasteiger partial charge on any atom is -0.497 e. The van der Waals surface area contributed by atoms with E-state index in [1.54, 1.807) is 37.4 Å². The molecule has 1 N–H and O–H groups in total. The number of nitrogens with one attached hydrogen (secondary N) is 1. The lowest BCUT2D eigenvalue weighted by Crippen LogP contribution is -2.30. The van der Waals surface area contributed by atoms with Crippen LogP contribution in [0.1, 0.15) is 11.1 Å². The summed E-state index contributed by atoms with van der Waals surface area (Å²) in [6, 6.07) is 14.7. The lowest BCUT2D eigenvalue weighted by atomic mass is 10.0. The van der Waals surface area contributed by atoms with Crippen LogP contribution in [-0.2, 0) is 11.3 Å². The third-order valence-electron chi connectivity index (χ3n) is 4.81. The maximum atomic E-state index is 12.8. The summed E-state index contributed by atoms with van der Waals surface area (Å²) in [5, 5.41) is 11.3. The summed E-state index contributed by atoms with van der Waals surface area (Å²) >= 11 is 0. The molecule has 30 heavy (non-hydrogen) atoms. The predicted molar refractivity (Wildman–Crippen MR) is 114 cm³/mol. The number of aryl methyl sites for hydroxylation is 2. The summed E-state index contributed by atoms with van der Waals surface area (Å²) in [4.78, 5) is 25.2. The molecule has 2 aromatic heterocycles. The van der Waals surface area contributed by atoms with E-state index < -0.39 is 0 Å². The van der Waals surface area contributed by atoms with Crippen molar-refractivity contribution in [3.05, 3.63) is 76.3 Å². The van der Waals surface area contributed by atoms with Crippen LogP contribution in [-0.4, -0.2) is 32.4 Å². The van der Waals surface area contributed by atoms with Gasteiger partial charge in [-0.25, -0.2) is 9.20 Å². The van der Waals surface area contributed by atoms with E-state index in [-0.39, 0.29) is 18.0 Å². The highest BCUT2D eigenvalue weighted by molar-refractivity contribution is 5.90. The summed E-state index contributed by atoms with van der Waals surface area (Å²) in [6.07, 6.45) is 1.43. The Morgan fingerprint density at radius 3 is 2.57 bits per heavy atom. The first-order chi connectivity index (χ1) is 14.4. The summed E-state index contributed by atoms with van der Waals surface area (Å²) in [6.45, 7) is 3.83. The van der Waals surface area contributed by atoms with Crippen LogP contribution in [0.15, 0.2) is 59.7 Å². The van der Waals surface area contributed by atoms with E-state index >= 15 is 0 Å². The molecular weight excluding hydrogens is 382 g/mol. The Morgan fingerprint density at radius 1 is 1.10 bits per heavy atom. The fourth-order valence-electron chi connectivity index (χ4n) is 3.29. The van der Waals surface area contributed by atoms with Gasteiger partial charge in [-0.2, -0.15) is 10.2 Å². The quantitative estimate of drug-likeness (QED) is 0.553. The fraction of sp³-hybridized carbons (Fsp3) is 0.182. The topological polar surface area (TPSA) is 90.5 Å². The molecule has 0 aliphatic carbocycles. The highest BCUT2D eigenvalue weighted by Crippen LogP contribution is 2.23. The Labute approximate surface area is 172 Å². The molecule has 0 saturated carbocycles. The molecule has 0 fully saturated rings. The maximum Gasteiger partial charge on any atom is 0.293 e.